The van der Waals surface area contributed by atoms with Crippen molar-refractivity contribution in [3.63, 3.8) is 0 Å². The Morgan fingerprint density at radius 2 is 2.00 bits per heavy atom. The zero-order valence-electron chi connectivity index (χ0n) is 11.4. The van der Waals surface area contributed by atoms with E-state index in [-0.39, 0.29) is 12.5 Å². The summed E-state index contributed by atoms with van der Waals surface area (Å²) in [5, 5.41) is 3.42. The normalized spacial score (nSPS) is 10.3. The molecule has 0 spiro atoms. The Hall–Kier alpha value is -1.94. The highest BCUT2D eigenvalue weighted by atomic mass is 35.5. The van der Waals surface area contributed by atoms with E-state index < -0.39 is 0 Å². The lowest BCUT2D eigenvalue weighted by Gasteiger charge is -2.07. The molecule has 1 N–H and O–H groups in total. The summed E-state index contributed by atoms with van der Waals surface area (Å²) >= 11 is 5.76. The van der Waals surface area contributed by atoms with E-state index in [0.717, 1.165) is 17.1 Å². The zero-order chi connectivity index (χ0) is 14.5. The highest BCUT2D eigenvalue weighted by Crippen LogP contribution is 2.15. The Morgan fingerprint density at radius 3 is 2.60 bits per heavy atom. The smallest absolute Gasteiger partial charge is 0.258 e. The van der Waals surface area contributed by atoms with Gasteiger partial charge in [0.25, 0.3) is 5.91 Å². The second-order valence-electron chi connectivity index (χ2n) is 4.46. The highest BCUT2D eigenvalue weighted by Gasteiger charge is 2.07. The van der Waals surface area contributed by atoms with Crippen molar-refractivity contribution >= 4 is 17.5 Å². The van der Waals surface area contributed by atoms with Gasteiger partial charge in [0.1, 0.15) is 17.3 Å². The molecular weight excluding hydrogens is 278 g/mol. The number of nitrogens with one attached hydrogen (secondary N) is 1. The third-order valence-electron chi connectivity index (χ3n) is 2.80. The molecular formula is C15H16ClNO3. The maximum atomic E-state index is 11.7. The molecule has 0 aliphatic rings. The fourth-order valence-electron chi connectivity index (χ4n) is 1.78. The van der Waals surface area contributed by atoms with Gasteiger partial charge in [0, 0.05) is 17.1 Å². The van der Waals surface area contributed by atoms with E-state index >= 15 is 0 Å². The fourth-order valence-corrected chi connectivity index (χ4v) is 1.91. The van der Waals surface area contributed by atoms with Crippen LogP contribution in [-0.2, 0) is 11.3 Å². The topological polar surface area (TPSA) is 51.5 Å². The summed E-state index contributed by atoms with van der Waals surface area (Å²) in [6.45, 7) is 4.16. The third-order valence-corrected chi connectivity index (χ3v) is 3.06. The van der Waals surface area contributed by atoms with Crippen LogP contribution >= 0.6 is 11.6 Å². The number of furan rings is 1. The number of ether oxygens (including phenoxy) is 1. The SMILES string of the molecule is Cc1cc(CNC(=O)COc2ccc(Cl)cc2)c(C)o1. The van der Waals surface area contributed by atoms with Crippen molar-refractivity contribution in [2.45, 2.75) is 20.4 Å². The molecule has 1 aromatic carbocycles. The number of benzene rings is 1. The van der Waals surface area contributed by atoms with Crippen LogP contribution in [0.4, 0.5) is 0 Å². The standard InChI is InChI=1S/C15H16ClNO3/c1-10-7-12(11(2)20-10)8-17-15(18)9-19-14-5-3-13(16)4-6-14/h3-7H,8-9H2,1-2H3,(H,17,18). The summed E-state index contributed by atoms with van der Waals surface area (Å²) < 4.78 is 10.7. The van der Waals surface area contributed by atoms with Gasteiger partial charge >= 0.3 is 0 Å². The maximum absolute atomic E-state index is 11.7. The minimum atomic E-state index is -0.182. The van der Waals surface area contributed by atoms with E-state index in [4.69, 9.17) is 20.8 Å². The van der Waals surface area contributed by atoms with E-state index in [1.807, 2.05) is 19.9 Å². The quantitative estimate of drug-likeness (QED) is 0.920. The molecule has 5 heteroatoms. The van der Waals surface area contributed by atoms with Gasteiger partial charge in [-0.15, -0.1) is 0 Å². The number of carbonyl (C=O) groups is 1. The number of amides is 1. The van der Waals surface area contributed by atoms with E-state index in [1.165, 1.54) is 0 Å². The molecule has 0 bridgehead atoms. The first-order valence-corrected chi connectivity index (χ1v) is 6.63. The number of aryl methyl sites for hydroxylation is 2. The van der Waals surface area contributed by atoms with Crippen molar-refractivity contribution in [2.75, 3.05) is 6.61 Å². The predicted octanol–water partition coefficient (Wildman–Crippen LogP) is 3.25. The van der Waals surface area contributed by atoms with Crippen LogP contribution in [0.5, 0.6) is 5.75 Å². The zero-order valence-corrected chi connectivity index (χ0v) is 12.2. The first-order chi connectivity index (χ1) is 9.54. The van der Waals surface area contributed by atoms with Crippen LogP contribution in [0.3, 0.4) is 0 Å². The summed E-state index contributed by atoms with van der Waals surface area (Å²) in [6.07, 6.45) is 0. The monoisotopic (exact) mass is 293 g/mol. The van der Waals surface area contributed by atoms with Crippen molar-refractivity contribution in [1.29, 1.82) is 0 Å². The molecule has 2 rings (SSSR count). The predicted molar refractivity (Wildman–Crippen MR) is 77.0 cm³/mol. The van der Waals surface area contributed by atoms with Gasteiger partial charge < -0.3 is 14.5 Å². The average Bonchev–Trinajstić information content (AvgIpc) is 2.74. The van der Waals surface area contributed by atoms with Gasteiger partial charge in [0.15, 0.2) is 6.61 Å². The molecule has 4 nitrogen and oxygen atoms in total. The van der Waals surface area contributed by atoms with Gasteiger partial charge in [-0.1, -0.05) is 11.6 Å². The van der Waals surface area contributed by atoms with Crippen molar-refractivity contribution in [3.8, 4) is 5.75 Å². The highest BCUT2D eigenvalue weighted by molar-refractivity contribution is 6.30. The lowest BCUT2D eigenvalue weighted by atomic mass is 10.2. The maximum Gasteiger partial charge on any atom is 0.258 e. The van der Waals surface area contributed by atoms with Crippen LogP contribution in [0.1, 0.15) is 17.1 Å². The Morgan fingerprint density at radius 1 is 1.30 bits per heavy atom. The van der Waals surface area contributed by atoms with Gasteiger partial charge in [-0.3, -0.25) is 4.79 Å². The molecule has 1 aromatic heterocycles. The van der Waals surface area contributed by atoms with Crippen LogP contribution < -0.4 is 10.1 Å². The number of hydrogen-bond donors (Lipinski definition) is 1. The van der Waals surface area contributed by atoms with Crippen molar-refractivity contribution < 1.29 is 13.9 Å². The van der Waals surface area contributed by atoms with Gasteiger partial charge in [0.05, 0.1) is 0 Å². The van der Waals surface area contributed by atoms with Crippen molar-refractivity contribution in [3.05, 3.63) is 52.4 Å². The second kappa shape index (κ2) is 6.48. The number of rotatable bonds is 5. The van der Waals surface area contributed by atoms with E-state index in [0.29, 0.717) is 17.3 Å². The molecule has 0 fully saturated rings. The Bertz CT molecular complexity index is 590. The van der Waals surface area contributed by atoms with Gasteiger partial charge in [-0.05, 0) is 44.2 Å². The Labute approximate surface area is 122 Å². The third kappa shape index (κ3) is 4.03. The van der Waals surface area contributed by atoms with E-state index in [9.17, 15) is 4.79 Å². The summed E-state index contributed by atoms with van der Waals surface area (Å²) in [5.74, 6) is 2.09. The molecule has 20 heavy (non-hydrogen) atoms. The van der Waals surface area contributed by atoms with Gasteiger partial charge in [0.2, 0.25) is 0 Å². The number of halogens is 1. The Balaban J connectivity index is 1.78. The van der Waals surface area contributed by atoms with Gasteiger partial charge in [-0.25, -0.2) is 0 Å². The van der Waals surface area contributed by atoms with E-state index in [1.54, 1.807) is 24.3 Å². The minimum Gasteiger partial charge on any atom is -0.484 e. The summed E-state index contributed by atoms with van der Waals surface area (Å²) in [5.41, 5.74) is 0.974. The minimum absolute atomic E-state index is 0.0302. The molecule has 0 saturated heterocycles. The van der Waals surface area contributed by atoms with Crippen LogP contribution in [0, 0.1) is 13.8 Å². The van der Waals surface area contributed by atoms with Crippen molar-refractivity contribution in [2.24, 2.45) is 0 Å². The van der Waals surface area contributed by atoms with Crippen molar-refractivity contribution in [1.82, 2.24) is 5.32 Å². The number of carbonyl (C=O) groups excluding carboxylic acids is 1. The molecule has 0 atom stereocenters. The molecule has 2 aromatic rings. The molecule has 106 valence electrons. The lowest BCUT2D eigenvalue weighted by molar-refractivity contribution is -0.123. The van der Waals surface area contributed by atoms with E-state index in [2.05, 4.69) is 5.32 Å². The van der Waals surface area contributed by atoms with Gasteiger partial charge in [-0.2, -0.15) is 0 Å². The molecule has 0 aliphatic heterocycles. The fraction of sp³-hybridized carbons (Fsp3) is 0.267. The lowest BCUT2D eigenvalue weighted by Crippen LogP contribution is -2.28. The van der Waals surface area contributed by atoms with Crippen LogP contribution in [0.15, 0.2) is 34.7 Å². The molecule has 0 unspecified atom stereocenters. The summed E-state index contributed by atoms with van der Waals surface area (Å²) in [6, 6.07) is 8.78. The molecule has 0 saturated carbocycles. The summed E-state index contributed by atoms with van der Waals surface area (Å²) in [4.78, 5) is 11.7. The largest absolute Gasteiger partial charge is 0.484 e. The summed E-state index contributed by atoms with van der Waals surface area (Å²) in [7, 11) is 0. The molecule has 1 heterocycles. The molecule has 0 radical (unpaired) electrons. The second-order valence-corrected chi connectivity index (χ2v) is 4.89. The molecule has 1 amide bonds. The first kappa shape index (κ1) is 14.5. The first-order valence-electron chi connectivity index (χ1n) is 6.25. The number of hydrogen-bond acceptors (Lipinski definition) is 3. The molecule has 0 aliphatic carbocycles. The van der Waals surface area contributed by atoms with Crippen LogP contribution in [0.25, 0.3) is 0 Å². The van der Waals surface area contributed by atoms with Crippen LogP contribution in [0.2, 0.25) is 5.02 Å². The Kier molecular flexibility index (Phi) is 4.69. The van der Waals surface area contributed by atoms with Crippen LogP contribution in [-0.4, -0.2) is 12.5 Å². The average molecular weight is 294 g/mol.